The molecule has 3 aromatic rings. The van der Waals surface area contributed by atoms with Gasteiger partial charge < -0.3 is 15.4 Å². The maximum atomic E-state index is 13.2. The number of carbonyl (C=O) groups is 3. The van der Waals surface area contributed by atoms with Crippen LogP contribution in [0, 0.1) is 19.7 Å². The maximum Gasteiger partial charge on any atom is 0.342 e. The van der Waals surface area contributed by atoms with Gasteiger partial charge in [0.25, 0.3) is 11.8 Å². The number of aromatic nitrogens is 2. The Hall–Kier alpha value is -4.01. The topological polar surface area (TPSA) is 102 Å². The lowest BCUT2D eigenvalue weighted by Gasteiger charge is -2.11. The van der Waals surface area contributed by atoms with Crippen LogP contribution in [0.1, 0.15) is 44.9 Å². The van der Waals surface area contributed by atoms with E-state index in [2.05, 4.69) is 15.7 Å². The van der Waals surface area contributed by atoms with Gasteiger partial charge in [0.2, 0.25) is 0 Å². The van der Waals surface area contributed by atoms with Crippen molar-refractivity contribution in [1.29, 1.82) is 0 Å². The number of ether oxygens (including phenoxy) is 1. The second kappa shape index (κ2) is 9.23. The lowest BCUT2D eigenvalue weighted by Crippen LogP contribution is -2.28. The molecule has 1 fully saturated rings. The number of hydrogen-bond donors (Lipinski definition) is 2. The summed E-state index contributed by atoms with van der Waals surface area (Å²) in [5, 5.41) is 9.84. The number of aryl methyl sites for hydroxylation is 1. The zero-order valence-corrected chi connectivity index (χ0v) is 18.2. The van der Waals surface area contributed by atoms with E-state index in [9.17, 15) is 18.8 Å². The summed E-state index contributed by atoms with van der Waals surface area (Å²) in [6.45, 7) is 2.81. The van der Waals surface area contributed by atoms with Crippen LogP contribution < -0.4 is 10.6 Å². The lowest BCUT2D eigenvalue weighted by molar-refractivity contribution is -0.119. The second-order valence-corrected chi connectivity index (χ2v) is 7.85. The van der Waals surface area contributed by atoms with Crippen molar-refractivity contribution in [2.24, 2.45) is 0 Å². The molecule has 2 amide bonds. The quantitative estimate of drug-likeness (QED) is 0.538. The minimum Gasteiger partial charge on any atom is -0.452 e. The molecule has 8 nitrogen and oxygen atoms in total. The molecular weight excluding hydrogens is 427 g/mol. The fourth-order valence-corrected chi connectivity index (χ4v) is 3.44. The van der Waals surface area contributed by atoms with Gasteiger partial charge in [0, 0.05) is 6.04 Å². The molecule has 0 bridgehead atoms. The van der Waals surface area contributed by atoms with Gasteiger partial charge >= 0.3 is 5.97 Å². The van der Waals surface area contributed by atoms with Gasteiger partial charge in [-0.2, -0.15) is 5.10 Å². The Balaban J connectivity index is 1.41. The van der Waals surface area contributed by atoms with Crippen LogP contribution in [0.5, 0.6) is 0 Å². The molecule has 1 aliphatic rings. The summed E-state index contributed by atoms with van der Waals surface area (Å²) in [7, 11) is 0. The van der Waals surface area contributed by atoms with Crippen molar-refractivity contribution >= 4 is 23.5 Å². The number of rotatable bonds is 7. The van der Waals surface area contributed by atoms with Crippen molar-refractivity contribution in [2.75, 3.05) is 11.9 Å². The molecule has 1 heterocycles. The molecule has 0 saturated heterocycles. The Morgan fingerprint density at radius 3 is 2.48 bits per heavy atom. The Morgan fingerprint density at radius 2 is 1.79 bits per heavy atom. The van der Waals surface area contributed by atoms with E-state index in [1.807, 2.05) is 0 Å². The smallest absolute Gasteiger partial charge is 0.342 e. The van der Waals surface area contributed by atoms with Crippen molar-refractivity contribution in [2.45, 2.75) is 32.7 Å². The average Bonchev–Trinajstić information content (AvgIpc) is 3.55. The van der Waals surface area contributed by atoms with Gasteiger partial charge in [-0.1, -0.05) is 12.1 Å². The van der Waals surface area contributed by atoms with Crippen LogP contribution in [0.25, 0.3) is 5.69 Å². The van der Waals surface area contributed by atoms with E-state index in [4.69, 9.17) is 4.74 Å². The van der Waals surface area contributed by atoms with Gasteiger partial charge in [-0.05, 0) is 63.1 Å². The van der Waals surface area contributed by atoms with Crippen LogP contribution in [0.15, 0.2) is 48.5 Å². The highest BCUT2D eigenvalue weighted by Crippen LogP contribution is 2.22. The molecular formula is C24H23FN4O4. The van der Waals surface area contributed by atoms with Gasteiger partial charge in [0.05, 0.1) is 28.3 Å². The van der Waals surface area contributed by atoms with E-state index in [0.29, 0.717) is 28.3 Å². The number of para-hydroxylation sites is 1. The summed E-state index contributed by atoms with van der Waals surface area (Å²) in [6.07, 6.45) is 1.90. The number of carbonyl (C=O) groups excluding carboxylic acids is 3. The molecule has 0 aliphatic heterocycles. The first kappa shape index (κ1) is 22.2. The molecule has 170 valence electrons. The van der Waals surface area contributed by atoms with Crippen molar-refractivity contribution in [3.63, 3.8) is 0 Å². The van der Waals surface area contributed by atoms with E-state index in [1.54, 1.807) is 50.2 Å². The minimum absolute atomic E-state index is 0.185. The van der Waals surface area contributed by atoms with E-state index in [-0.39, 0.29) is 23.3 Å². The van der Waals surface area contributed by atoms with Gasteiger partial charge in [0.1, 0.15) is 11.4 Å². The number of halogens is 1. The molecule has 1 saturated carbocycles. The summed E-state index contributed by atoms with van der Waals surface area (Å²) in [6, 6.07) is 12.5. The normalized spacial score (nSPS) is 12.8. The van der Waals surface area contributed by atoms with Crippen LogP contribution in [-0.2, 0) is 9.53 Å². The highest BCUT2D eigenvalue weighted by atomic mass is 19.1. The first-order valence-electron chi connectivity index (χ1n) is 10.5. The number of esters is 1. The zero-order chi connectivity index (χ0) is 23.5. The third kappa shape index (κ3) is 5.08. The predicted octanol–water partition coefficient (Wildman–Crippen LogP) is 3.32. The predicted molar refractivity (Wildman–Crippen MR) is 119 cm³/mol. The first-order valence-corrected chi connectivity index (χ1v) is 10.5. The Labute approximate surface area is 189 Å². The van der Waals surface area contributed by atoms with Crippen LogP contribution in [0.2, 0.25) is 0 Å². The fraction of sp³-hybridized carbons (Fsp3) is 0.250. The van der Waals surface area contributed by atoms with E-state index in [0.717, 1.165) is 12.8 Å². The first-order chi connectivity index (χ1) is 15.8. The highest BCUT2D eigenvalue weighted by molar-refractivity contribution is 6.04. The summed E-state index contributed by atoms with van der Waals surface area (Å²) in [5.41, 5.74) is 2.44. The lowest BCUT2D eigenvalue weighted by atomic mass is 10.1. The summed E-state index contributed by atoms with van der Waals surface area (Å²) >= 11 is 0. The molecule has 0 atom stereocenters. The SMILES string of the molecule is Cc1nn(-c2ccc(F)cc2)c(C)c1C(=O)OCC(=O)Nc1ccccc1C(=O)NC1CC1. The maximum absolute atomic E-state index is 13.2. The summed E-state index contributed by atoms with van der Waals surface area (Å²) in [4.78, 5) is 37.5. The number of hydrogen-bond acceptors (Lipinski definition) is 5. The van der Waals surface area contributed by atoms with E-state index >= 15 is 0 Å². The van der Waals surface area contributed by atoms with Crippen molar-refractivity contribution in [3.05, 3.63) is 76.9 Å². The number of benzene rings is 2. The number of nitrogens with zero attached hydrogens (tertiary/aromatic N) is 2. The van der Waals surface area contributed by atoms with Crippen LogP contribution in [0.3, 0.4) is 0 Å². The van der Waals surface area contributed by atoms with E-state index in [1.165, 1.54) is 16.8 Å². The van der Waals surface area contributed by atoms with Crippen molar-refractivity contribution < 1.29 is 23.5 Å². The largest absolute Gasteiger partial charge is 0.452 e. The van der Waals surface area contributed by atoms with Crippen molar-refractivity contribution in [3.8, 4) is 5.69 Å². The summed E-state index contributed by atoms with van der Waals surface area (Å²) < 4.78 is 19.9. The third-order valence-corrected chi connectivity index (χ3v) is 5.26. The molecule has 4 rings (SSSR count). The molecule has 2 N–H and O–H groups in total. The molecule has 0 unspecified atom stereocenters. The standard InChI is InChI=1S/C24H23FN4O4/c1-14-22(15(2)29(28-14)18-11-7-16(25)8-12-18)24(32)33-13-21(30)27-20-6-4-3-5-19(20)23(31)26-17-9-10-17/h3-8,11-12,17H,9-10,13H2,1-2H3,(H,26,31)(H,27,30). The van der Waals surface area contributed by atoms with Gasteiger partial charge in [-0.25, -0.2) is 13.9 Å². The molecule has 0 spiro atoms. The monoisotopic (exact) mass is 450 g/mol. The van der Waals surface area contributed by atoms with Crippen LogP contribution >= 0.6 is 0 Å². The van der Waals surface area contributed by atoms with Crippen molar-refractivity contribution in [1.82, 2.24) is 15.1 Å². The molecule has 1 aliphatic carbocycles. The fourth-order valence-electron chi connectivity index (χ4n) is 3.44. The molecule has 0 radical (unpaired) electrons. The molecule has 1 aromatic heterocycles. The molecule has 33 heavy (non-hydrogen) atoms. The Morgan fingerprint density at radius 1 is 1.09 bits per heavy atom. The molecule has 9 heteroatoms. The minimum atomic E-state index is -0.701. The van der Waals surface area contributed by atoms with Crippen LogP contribution in [-0.4, -0.2) is 40.2 Å². The number of anilines is 1. The van der Waals surface area contributed by atoms with Gasteiger partial charge in [-0.3, -0.25) is 9.59 Å². The second-order valence-electron chi connectivity index (χ2n) is 7.85. The zero-order valence-electron chi connectivity index (χ0n) is 18.2. The Bertz CT molecular complexity index is 1220. The van der Waals surface area contributed by atoms with E-state index < -0.39 is 18.5 Å². The summed E-state index contributed by atoms with van der Waals surface area (Å²) in [5.74, 6) is -1.91. The Kier molecular flexibility index (Phi) is 6.21. The van der Waals surface area contributed by atoms with Crippen LogP contribution in [0.4, 0.5) is 10.1 Å². The van der Waals surface area contributed by atoms with Gasteiger partial charge in [-0.15, -0.1) is 0 Å². The highest BCUT2D eigenvalue weighted by Gasteiger charge is 2.25. The van der Waals surface area contributed by atoms with Gasteiger partial charge in [0.15, 0.2) is 6.61 Å². The number of amides is 2. The molecule has 2 aromatic carbocycles. The third-order valence-electron chi connectivity index (χ3n) is 5.26. The average molecular weight is 450 g/mol. The number of nitrogens with one attached hydrogen (secondary N) is 2.